The lowest BCUT2D eigenvalue weighted by molar-refractivity contribution is -0.138. The van der Waals surface area contributed by atoms with Crippen LogP contribution in [-0.2, 0) is 19.6 Å². The molecule has 0 spiro atoms. The number of nitrogens with zero attached hydrogens (tertiary/aromatic N) is 3. The average Bonchev–Trinajstić information content (AvgIpc) is 2.81. The number of carbonyl (C=O) groups is 1. The van der Waals surface area contributed by atoms with Gasteiger partial charge in [-0.3, -0.25) is 9.69 Å². The quantitative estimate of drug-likeness (QED) is 0.522. The van der Waals surface area contributed by atoms with Gasteiger partial charge in [0.15, 0.2) is 0 Å². The Bertz CT molecular complexity index is 886. The second-order valence-electron chi connectivity index (χ2n) is 8.87. The number of amides is 1. The van der Waals surface area contributed by atoms with Gasteiger partial charge in [-0.25, -0.2) is 8.42 Å². The summed E-state index contributed by atoms with van der Waals surface area (Å²) >= 11 is 0. The number of hydrogen-bond donors (Lipinski definition) is 1. The number of aryl methyl sites for hydroxylation is 2. The predicted molar refractivity (Wildman–Crippen MR) is 127 cm³/mol. The zero-order chi connectivity index (χ0) is 24.0. The average molecular weight is 483 g/mol. The third-order valence-electron chi connectivity index (χ3n) is 6.61. The minimum Gasteiger partial charge on any atom is -0.497 e. The summed E-state index contributed by atoms with van der Waals surface area (Å²) in [4.78, 5) is 17.2. The Morgan fingerprint density at radius 3 is 2.30 bits per heavy atom. The summed E-state index contributed by atoms with van der Waals surface area (Å²) in [7, 11) is -0.583. The van der Waals surface area contributed by atoms with Gasteiger partial charge in [-0.15, -0.1) is 0 Å². The van der Waals surface area contributed by atoms with E-state index in [2.05, 4.69) is 10.2 Å². The van der Waals surface area contributed by atoms with Crippen molar-refractivity contribution in [3.05, 3.63) is 23.3 Å². The maximum absolute atomic E-state index is 13.1. The second-order valence-corrected chi connectivity index (χ2v) is 10.8. The van der Waals surface area contributed by atoms with Crippen LogP contribution >= 0.6 is 0 Å². The van der Waals surface area contributed by atoms with Crippen LogP contribution in [0.3, 0.4) is 0 Å². The molecule has 2 heterocycles. The van der Waals surface area contributed by atoms with Crippen LogP contribution < -0.4 is 10.1 Å². The predicted octanol–water partition coefficient (Wildman–Crippen LogP) is 0.845. The smallest absolute Gasteiger partial charge is 0.248 e. The summed E-state index contributed by atoms with van der Waals surface area (Å²) in [5, 5.41) is 3.39. The summed E-state index contributed by atoms with van der Waals surface area (Å²) in [6.07, 6.45) is 2.34. The van der Waals surface area contributed by atoms with E-state index in [-0.39, 0.29) is 30.6 Å². The summed E-state index contributed by atoms with van der Waals surface area (Å²) in [5.41, 5.74) is 1.27. The van der Waals surface area contributed by atoms with E-state index in [1.54, 1.807) is 33.1 Å². The second kappa shape index (κ2) is 11.6. The number of rotatable bonds is 9. The SMILES string of the molecule is COc1cc(C)c(S(=O)(=O)N(C)CCOCC(=O)N2CCN(C3CCNCC3)CC2)c(C)c1. The van der Waals surface area contributed by atoms with E-state index in [1.165, 1.54) is 24.2 Å². The van der Waals surface area contributed by atoms with Crippen molar-refractivity contribution in [3.8, 4) is 5.75 Å². The number of benzene rings is 1. The summed E-state index contributed by atoms with van der Waals surface area (Å²) in [6.45, 7) is 9.20. The molecular weight excluding hydrogens is 444 g/mol. The van der Waals surface area contributed by atoms with Crippen molar-refractivity contribution in [1.82, 2.24) is 19.4 Å². The molecule has 2 fully saturated rings. The largest absolute Gasteiger partial charge is 0.497 e. The molecular formula is C23H38N4O5S. The van der Waals surface area contributed by atoms with Crippen LogP contribution in [0.25, 0.3) is 0 Å². The highest BCUT2D eigenvalue weighted by Crippen LogP contribution is 2.27. The number of nitrogens with one attached hydrogen (secondary N) is 1. The van der Waals surface area contributed by atoms with Gasteiger partial charge in [-0.05, 0) is 63.0 Å². The van der Waals surface area contributed by atoms with E-state index in [0.717, 1.165) is 39.3 Å². The summed E-state index contributed by atoms with van der Waals surface area (Å²) < 4.78 is 38.2. The van der Waals surface area contributed by atoms with Gasteiger partial charge in [0.2, 0.25) is 15.9 Å². The van der Waals surface area contributed by atoms with E-state index in [1.807, 2.05) is 4.90 Å². The highest BCUT2D eigenvalue weighted by molar-refractivity contribution is 7.89. The van der Waals surface area contributed by atoms with Crippen molar-refractivity contribution < 1.29 is 22.7 Å². The van der Waals surface area contributed by atoms with Gasteiger partial charge >= 0.3 is 0 Å². The fraction of sp³-hybridized carbons (Fsp3) is 0.696. The van der Waals surface area contributed by atoms with Crippen molar-refractivity contribution in [1.29, 1.82) is 0 Å². The van der Waals surface area contributed by atoms with E-state index in [4.69, 9.17) is 9.47 Å². The van der Waals surface area contributed by atoms with Crippen molar-refractivity contribution in [3.63, 3.8) is 0 Å². The standard InChI is InChI=1S/C23H38N4O5S/c1-18-15-21(31-4)16-19(2)23(18)33(29,30)25(3)13-14-32-17-22(28)27-11-9-26(10-12-27)20-5-7-24-8-6-20/h15-16,20,24H,5-14,17H2,1-4H3. The Balaban J connectivity index is 1.43. The molecule has 0 radical (unpaired) electrons. The molecule has 186 valence electrons. The number of sulfonamides is 1. The third-order valence-corrected chi connectivity index (χ3v) is 8.77. The Morgan fingerprint density at radius 2 is 1.73 bits per heavy atom. The minimum atomic E-state index is -3.67. The topological polar surface area (TPSA) is 91.4 Å². The number of hydrogen-bond acceptors (Lipinski definition) is 7. The van der Waals surface area contributed by atoms with Gasteiger partial charge in [0.1, 0.15) is 12.4 Å². The Labute approximate surface area is 198 Å². The van der Waals surface area contributed by atoms with Crippen LogP contribution in [0.1, 0.15) is 24.0 Å². The van der Waals surface area contributed by atoms with E-state index in [9.17, 15) is 13.2 Å². The lowest BCUT2D eigenvalue weighted by Crippen LogP contribution is -2.54. The van der Waals surface area contributed by atoms with Crippen LogP contribution in [-0.4, -0.2) is 108 Å². The molecule has 1 aromatic carbocycles. The van der Waals surface area contributed by atoms with Gasteiger partial charge in [0, 0.05) is 45.8 Å². The van der Waals surface area contributed by atoms with Gasteiger partial charge < -0.3 is 19.7 Å². The highest BCUT2D eigenvalue weighted by atomic mass is 32.2. The summed E-state index contributed by atoms with van der Waals surface area (Å²) in [6, 6.07) is 4.05. The first kappa shape index (κ1) is 25.9. The molecule has 1 N–H and O–H groups in total. The molecule has 2 saturated heterocycles. The molecule has 0 atom stereocenters. The Hall–Kier alpha value is -1.72. The molecule has 0 aliphatic carbocycles. The molecule has 0 saturated carbocycles. The lowest BCUT2D eigenvalue weighted by Gasteiger charge is -2.40. The molecule has 2 aliphatic rings. The van der Waals surface area contributed by atoms with Crippen LogP contribution in [0.2, 0.25) is 0 Å². The number of carbonyl (C=O) groups excluding carboxylic acids is 1. The van der Waals surface area contributed by atoms with Gasteiger partial charge in [0.25, 0.3) is 0 Å². The molecule has 10 heteroatoms. The number of ether oxygens (including phenoxy) is 2. The van der Waals surface area contributed by atoms with Crippen LogP contribution in [0.15, 0.2) is 17.0 Å². The first-order chi connectivity index (χ1) is 15.7. The molecule has 33 heavy (non-hydrogen) atoms. The molecule has 3 rings (SSSR count). The summed E-state index contributed by atoms with van der Waals surface area (Å²) in [5.74, 6) is 0.595. The molecule has 1 aromatic rings. The molecule has 0 unspecified atom stereocenters. The van der Waals surface area contributed by atoms with Gasteiger partial charge in [-0.1, -0.05) is 0 Å². The van der Waals surface area contributed by atoms with E-state index < -0.39 is 10.0 Å². The van der Waals surface area contributed by atoms with E-state index in [0.29, 0.717) is 22.9 Å². The number of methoxy groups -OCH3 is 1. The third kappa shape index (κ3) is 6.45. The van der Waals surface area contributed by atoms with Crippen molar-refractivity contribution >= 4 is 15.9 Å². The van der Waals surface area contributed by atoms with Crippen LogP contribution in [0, 0.1) is 13.8 Å². The van der Waals surface area contributed by atoms with Crippen LogP contribution in [0.4, 0.5) is 0 Å². The van der Waals surface area contributed by atoms with Crippen molar-refractivity contribution in [2.45, 2.75) is 37.6 Å². The monoisotopic (exact) mass is 482 g/mol. The molecule has 1 amide bonds. The van der Waals surface area contributed by atoms with Gasteiger partial charge in [-0.2, -0.15) is 4.31 Å². The molecule has 0 bridgehead atoms. The fourth-order valence-electron chi connectivity index (χ4n) is 4.66. The lowest BCUT2D eigenvalue weighted by atomic mass is 10.0. The maximum Gasteiger partial charge on any atom is 0.248 e. The molecule has 2 aliphatic heterocycles. The Morgan fingerprint density at radius 1 is 1.12 bits per heavy atom. The first-order valence-corrected chi connectivity index (χ1v) is 13.1. The number of piperazine rings is 1. The Kier molecular flexibility index (Phi) is 9.11. The van der Waals surface area contributed by atoms with E-state index >= 15 is 0 Å². The van der Waals surface area contributed by atoms with Gasteiger partial charge in [0.05, 0.1) is 18.6 Å². The molecule has 0 aromatic heterocycles. The molecule has 9 nitrogen and oxygen atoms in total. The zero-order valence-corrected chi connectivity index (χ0v) is 21.1. The number of likely N-dealkylation sites (N-methyl/N-ethyl adjacent to an activating group) is 1. The number of piperidine rings is 1. The highest BCUT2D eigenvalue weighted by Gasteiger charge is 2.28. The zero-order valence-electron chi connectivity index (χ0n) is 20.3. The normalized spacial score (nSPS) is 18.6. The van der Waals surface area contributed by atoms with Crippen LogP contribution in [0.5, 0.6) is 5.75 Å². The first-order valence-electron chi connectivity index (χ1n) is 11.7. The minimum absolute atomic E-state index is 0.0260. The van der Waals surface area contributed by atoms with Crippen molar-refractivity contribution in [2.24, 2.45) is 0 Å². The maximum atomic E-state index is 13.1. The fourth-order valence-corrected chi connectivity index (χ4v) is 6.22. The van der Waals surface area contributed by atoms with Crippen molar-refractivity contribution in [2.75, 3.05) is 73.2 Å².